The van der Waals surface area contributed by atoms with E-state index in [4.69, 9.17) is 0 Å². The van der Waals surface area contributed by atoms with Crippen LogP contribution in [0.3, 0.4) is 0 Å². The second-order valence-corrected chi connectivity index (χ2v) is 6.35. The zero-order valence-corrected chi connectivity index (χ0v) is 13.2. The maximum atomic E-state index is 13.4. The molecule has 0 saturated carbocycles. The van der Waals surface area contributed by atoms with Crippen molar-refractivity contribution in [3.05, 3.63) is 25.1 Å². The van der Waals surface area contributed by atoms with Crippen LogP contribution in [0.5, 0.6) is 0 Å². The van der Waals surface area contributed by atoms with E-state index in [1.165, 1.54) is 0 Å². The predicted molar refractivity (Wildman–Crippen MR) is 73.5 cm³/mol. The quantitative estimate of drug-likeness (QED) is 0.397. The van der Waals surface area contributed by atoms with Gasteiger partial charge in [0.05, 0.1) is 11.4 Å². The predicted octanol–water partition coefficient (Wildman–Crippen LogP) is 6.12. The Labute approximate surface area is 131 Å². The lowest BCUT2D eigenvalue weighted by molar-refractivity contribution is -0.403. The lowest BCUT2D eigenvalue weighted by atomic mass is 9.84. The van der Waals surface area contributed by atoms with E-state index in [2.05, 4.69) is 17.9 Å². The molecule has 0 amide bonds. The summed E-state index contributed by atoms with van der Waals surface area (Å²) >= 11 is 0. The van der Waals surface area contributed by atoms with Crippen LogP contribution in [-0.4, -0.2) is 23.6 Å². The normalized spacial score (nSPS) is 15.4. The van der Waals surface area contributed by atoms with Crippen molar-refractivity contribution in [2.24, 2.45) is 5.92 Å². The van der Waals surface area contributed by atoms with Gasteiger partial charge in [-0.2, -0.15) is 26.3 Å². The molecule has 0 bridgehead atoms. The lowest BCUT2D eigenvalue weighted by Gasteiger charge is -2.43. The van der Waals surface area contributed by atoms with Crippen molar-refractivity contribution in [2.75, 3.05) is 0 Å². The Bertz CT molecular complexity index is 401. The van der Waals surface area contributed by atoms with Crippen molar-refractivity contribution in [1.29, 1.82) is 0 Å². The Kier molecular flexibility index (Phi) is 6.90. The minimum absolute atomic E-state index is 0.232. The number of hydrogen-bond donors (Lipinski definition) is 0. The molecular weight excluding hydrogens is 329 g/mol. The Morgan fingerprint density at radius 1 is 1.04 bits per heavy atom. The van der Waals surface area contributed by atoms with E-state index in [1.807, 2.05) is 0 Å². The Balaban J connectivity index is 5.99. The van der Waals surface area contributed by atoms with Gasteiger partial charge in [0.15, 0.2) is 0 Å². The van der Waals surface area contributed by atoms with E-state index in [0.717, 1.165) is 26.8 Å². The third-order valence-corrected chi connectivity index (χ3v) is 2.98. The molecule has 0 aliphatic rings. The summed E-state index contributed by atoms with van der Waals surface area (Å²) in [6.07, 6.45) is -12.6. The summed E-state index contributed by atoms with van der Waals surface area (Å²) in [4.78, 5) is 0. The van der Waals surface area contributed by atoms with Crippen molar-refractivity contribution in [2.45, 2.75) is 63.6 Å². The largest absolute Gasteiger partial charge is 0.426 e. The van der Waals surface area contributed by atoms with Crippen molar-refractivity contribution in [3.63, 3.8) is 0 Å². The van der Waals surface area contributed by atoms with Gasteiger partial charge in [0.2, 0.25) is 0 Å². The number of hydrogen-bond acceptors (Lipinski definition) is 1. The zero-order chi connectivity index (χ0) is 18.7. The van der Waals surface area contributed by atoms with Crippen LogP contribution in [0.4, 0.5) is 30.7 Å². The third kappa shape index (κ3) is 6.16. The second kappa shape index (κ2) is 7.23. The average Bonchev–Trinajstić information content (AvgIpc) is 2.22. The van der Waals surface area contributed by atoms with E-state index in [-0.39, 0.29) is 6.42 Å². The number of halogens is 7. The first-order chi connectivity index (χ1) is 10.1. The molecule has 0 heterocycles. The number of alkyl halides is 6. The minimum atomic E-state index is -5.71. The fourth-order valence-corrected chi connectivity index (χ4v) is 2.27. The molecule has 8 heteroatoms. The first-order valence-corrected chi connectivity index (χ1v) is 6.83. The van der Waals surface area contributed by atoms with Crippen LogP contribution in [0.15, 0.2) is 25.1 Å². The molecular formula is C15H21F7O. The molecule has 0 spiro atoms. The molecule has 136 valence electrons. The Morgan fingerprint density at radius 3 is 1.74 bits per heavy atom. The summed E-state index contributed by atoms with van der Waals surface area (Å²) in [7, 11) is 0. The minimum Gasteiger partial charge on any atom is -0.352 e. The van der Waals surface area contributed by atoms with Gasteiger partial charge in [-0.25, -0.2) is 4.39 Å². The van der Waals surface area contributed by atoms with Gasteiger partial charge in [-0.3, -0.25) is 0 Å². The van der Waals surface area contributed by atoms with Crippen LogP contribution in [-0.2, 0) is 4.74 Å². The summed E-state index contributed by atoms with van der Waals surface area (Å²) in [5, 5.41) is 0. The van der Waals surface area contributed by atoms with Gasteiger partial charge >= 0.3 is 12.4 Å². The molecule has 1 unspecified atom stereocenters. The fourth-order valence-electron chi connectivity index (χ4n) is 2.27. The molecule has 1 atom stereocenters. The summed E-state index contributed by atoms with van der Waals surface area (Å²) in [6, 6.07) is 0. The molecule has 0 aromatic rings. The lowest BCUT2D eigenvalue weighted by Crippen LogP contribution is -2.62. The van der Waals surface area contributed by atoms with Crippen LogP contribution in [0, 0.1) is 5.92 Å². The van der Waals surface area contributed by atoms with E-state index in [9.17, 15) is 30.7 Å². The van der Waals surface area contributed by atoms with Gasteiger partial charge < -0.3 is 4.74 Å². The molecule has 0 N–H and O–H groups in total. The maximum Gasteiger partial charge on any atom is 0.426 e. The van der Waals surface area contributed by atoms with E-state index < -0.39 is 48.1 Å². The number of ether oxygens (including phenoxy) is 1. The summed E-state index contributed by atoms with van der Waals surface area (Å²) in [5.41, 5.74) is -6.10. The first kappa shape index (κ1) is 21.9. The summed E-state index contributed by atoms with van der Waals surface area (Å²) in [5.74, 6) is -2.29. The van der Waals surface area contributed by atoms with Gasteiger partial charge in [0, 0.05) is 6.42 Å². The Morgan fingerprint density at radius 2 is 1.48 bits per heavy atom. The Hall–Kier alpha value is -1.05. The van der Waals surface area contributed by atoms with Gasteiger partial charge in [0.25, 0.3) is 5.60 Å². The van der Waals surface area contributed by atoms with Gasteiger partial charge in [-0.15, -0.1) is 6.58 Å². The zero-order valence-electron chi connectivity index (χ0n) is 13.2. The van der Waals surface area contributed by atoms with Crippen molar-refractivity contribution in [1.82, 2.24) is 0 Å². The molecule has 0 rings (SSSR count). The molecule has 1 nitrogen and oxygen atoms in total. The van der Waals surface area contributed by atoms with Crippen molar-refractivity contribution >= 4 is 0 Å². The smallest absolute Gasteiger partial charge is 0.352 e. The van der Waals surface area contributed by atoms with E-state index >= 15 is 0 Å². The highest BCUT2D eigenvalue weighted by molar-refractivity contribution is 5.01. The fraction of sp³-hybridized carbons (Fsp3) is 0.733. The molecule has 0 radical (unpaired) electrons. The van der Waals surface area contributed by atoms with Gasteiger partial charge in [-0.05, 0) is 39.5 Å². The maximum absolute atomic E-state index is 13.4. The second-order valence-electron chi connectivity index (χ2n) is 6.35. The summed E-state index contributed by atoms with van der Waals surface area (Å²) < 4.78 is 97.5. The van der Waals surface area contributed by atoms with Crippen molar-refractivity contribution < 1.29 is 35.5 Å². The highest BCUT2D eigenvalue weighted by atomic mass is 19.4. The third-order valence-electron chi connectivity index (χ3n) is 2.98. The molecule has 0 fully saturated rings. The average molecular weight is 350 g/mol. The van der Waals surface area contributed by atoms with Crippen LogP contribution < -0.4 is 0 Å². The van der Waals surface area contributed by atoms with Gasteiger partial charge in [0.1, 0.15) is 0 Å². The molecule has 0 aliphatic heterocycles. The number of allylic oxidation sites excluding steroid dienone is 2. The molecule has 23 heavy (non-hydrogen) atoms. The van der Waals surface area contributed by atoms with Crippen LogP contribution in [0.2, 0.25) is 0 Å². The summed E-state index contributed by atoms with van der Waals surface area (Å²) in [6.45, 7) is 9.46. The topological polar surface area (TPSA) is 9.23 Å². The standard InChI is InChI=1S/C15H21F7O/c1-6-7-11(8-10(2)16)9-13(14(17,18)19,15(20,21)22)23-12(3,4)5/h6,11H,1-2,7-9H2,3-5H3. The number of rotatable bonds is 7. The monoisotopic (exact) mass is 350 g/mol. The van der Waals surface area contributed by atoms with Crippen LogP contribution in [0.25, 0.3) is 0 Å². The molecule has 0 saturated heterocycles. The highest BCUT2D eigenvalue weighted by Crippen LogP contribution is 2.52. The van der Waals surface area contributed by atoms with Crippen LogP contribution in [0.1, 0.15) is 40.0 Å². The molecule has 0 aliphatic carbocycles. The van der Waals surface area contributed by atoms with Gasteiger partial charge in [-0.1, -0.05) is 12.7 Å². The first-order valence-electron chi connectivity index (χ1n) is 6.83. The highest BCUT2D eigenvalue weighted by Gasteiger charge is 2.73. The SMILES string of the molecule is C=CCC(CC(=C)F)CC(OC(C)(C)C)(C(F)(F)F)C(F)(F)F. The molecule has 0 aromatic carbocycles. The van der Waals surface area contributed by atoms with Crippen molar-refractivity contribution in [3.8, 4) is 0 Å². The molecule has 0 aromatic heterocycles. The van der Waals surface area contributed by atoms with E-state index in [0.29, 0.717) is 0 Å². The van der Waals surface area contributed by atoms with E-state index in [1.54, 1.807) is 0 Å². The van der Waals surface area contributed by atoms with Crippen LogP contribution >= 0.6 is 0 Å².